The second-order valence-corrected chi connectivity index (χ2v) is 6.13. The third kappa shape index (κ3) is 4.22. The Labute approximate surface area is 116 Å². The fourth-order valence-electron chi connectivity index (χ4n) is 2.66. The van der Waals surface area contributed by atoms with E-state index in [4.69, 9.17) is 4.74 Å². The molecule has 1 unspecified atom stereocenters. The van der Waals surface area contributed by atoms with Crippen LogP contribution in [0.2, 0.25) is 0 Å². The highest BCUT2D eigenvalue weighted by Crippen LogP contribution is 2.24. The molecule has 0 spiro atoms. The lowest BCUT2D eigenvalue weighted by Crippen LogP contribution is -2.53. The van der Waals surface area contributed by atoms with Gasteiger partial charge in [0, 0.05) is 19.1 Å². The number of rotatable bonds is 5. The molecule has 1 aromatic carbocycles. The van der Waals surface area contributed by atoms with Crippen molar-refractivity contribution in [2.45, 2.75) is 33.2 Å². The van der Waals surface area contributed by atoms with Gasteiger partial charge in [-0.2, -0.15) is 0 Å². The molecule has 0 saturated carbocycles. The van der Waals surface area contributed by atoms with Gasteiger partial charge in [0.15, 0.2) is 0 Å². The molecule has 0 aliphatic carbocycles. The summed E-state index contributed by atoms with van der Waals surface area (Å²) in [6.45, 7) is 10.5. The van der Waals surface area contributed by atoms with E-state index in [0.717, 1.165) is 32.0 Å². The molecule has 0 bridgehead atoms. The maximum absolute atomic E-state index is 5.77. The van der Waals surface area contributed by atoms with E-state index >= 15 is 0 Å². The van der Waals surface area contributed by atoms with Gasteiger partial charge in [-0.05, 0) is 43.0 Å². The average Bonchev–Trinajstić information content (AvgIpc) is 2.36. The van der Waals surface area contributed by atoms with Crippen LogP contribution in [0.5, 0.6) is 5.75 Å². The van der Waals surface area contributed by atoms with Gasteiger partial charge in [-0.15, -0.1) is 0 Å². The molecule has 19 heavy (non-hydrogen) atoms. The number of ether oxygens (including phenoxy) is 1. The Hall–Kier alpha value is -1.06. The third-order valence-electron chi connectivity index (χ3n) is 3.88. The van der Waals surface area contributed by atoms with Gasteiger partial charge < -0.3 is 15.4 Å². The summed E-state index contributed by atoms with van der Waals surface area (Å²) in [6, 6.07) is 8.79. The molecule has 2 rings (SSSR count). The van der Waals surface area contributed by atoms with Crippen molar-refractivity contribution in [2.24, 2.45) is 5.41 Å². The minimum absolute atomic E-state index is 0.321. The number of benzene rings is 1. The zero-order valence-corrected chi connectivity index (χ0v) is 12.3. The predicted molar refractivity (Wildman–Crippen MR) is 79.7 cm³/mol. The van der Waals surface area contributed by atoms with Crippen molar-refractivity contribution in [3.05, 3.63) is 29.8 Å². The molecule has 3 nitrogen and oxygen atoms in total. The van der Waals surface area contributed by atoms with Crippen molar-refractivity contribution in [2.75, 3.05) is 26.2 Å². The Kier molecular flexibility index (Phi) is 4.83. The number of nitrogens with one attached hydrogen (secondary N) is 2. The number of hydrogen-bond donors (Lipinski definition) is 2. The van der Waals surface area contributed by atoms with Gasteiger partial charge in [-0.3, -0.25) is 0 Å². The van der Waals surface area contributed by atoms with Crippen LogP contribution in [0.4, 0.5) is 0 Å². The van der Waals surface area contributed by atoms with E-state index in [1.54, 1.807) is 0 Å². The van der Waals surface area contributed by atoms with E-state index < -0.39 is 0 Å². The molecule has 3 heteroatoms. The van der Waals surface area contributed by atoms with Crippen LogP contribution in [0.25, 0.3) is 0 Å². The lowest BCUT2D eigenvalue weighted by Gasteiger charge is -2.39. The van der Waals surface area contributed by atoms with E-state index in [1.807, 2.05) is 12.1 Å². The highest BCUT2D eigenvalue weighted by Gasteiger charge is 2.31. The van der Waals surface area contributed by atoms with Crippen LogP contribution in [-0.4, -0.2) is 32.3 Å². The van der Waals surface area contributed by atoms with Gasteiger partial charge in [-0.1, -0.05) is 26.0 Å². The molecular weight excluding hydrogens is 236 g/mol. The SMILES string of the molecule is Cc1cccc(OCCNC2CCNCC2(C)C)c1. The minimum atomic E-state index is 0.321. The highest BCUT2D eigenvalue weighted by atomic mass is 16.5. The van der Waals surface area contributed by atoms with Crippen LogP contribution in [0, 0.1) is 12.3 Å². The van der Waals surface area contributed by atoms with Crippen molar-refractivity contribution in [1.82, 2.24) is 10.6 Å². The highest BCUT2D eigenvalue weighted by molar-refractivity contribution is 5.27. The molecule has 1 fully saturated rings. The number of hydrogen-bond acceptors (Lipinski definition) is 3. The molecule has 1 aromatic rings. The van der Waals surface area contributed by atoms with Crippen molar-refractivity contribution >= 4 is 0 Å². The van der Waals surface area contributed by atoms with E-state index in [-0.39, 0.29) is 0 Å². The fraction of sp³-hybridized carbons (Fsp3) is 0.625. The summed E-state index contributed by atoms with van der Waals surface area (Å²) >= 11 is 0. The Morgan fingerprint density at radius 3 is 3.00 bits per heavy atom. The standard InChI is InChI=1S/C16H26N2O/c1-13-5-4-6-14(11-13)19-10-9-18-15-7-8-17-12-16(15,2)3/h4-6,11,15,17-18H,7-10,12H2,1-3H3. The first-order chi connectivity index (χ1) is 9.08. The van der Waals surface area contributed by atoms with Crippen LogP contribution in [-0.2, 0) is 0 Å². The average molecular weight is 262 g/mol. The van der Waals surface area contributed by atoms with E-state index in [9.17, 15) is 0 Å². The van der Waals surface area contributed by atoms with Gasteiger partial charge in [0.2, 0.25) is 0 Å². The van der Waals surface area contributed by atoms with Crippen molar-refractivity contribution in [1.29, 1.82) is 0 Å². The molecule has 1 saturated heterocycles. The second-order valence-electron chi connectivity index (χ2n) is 6.13. The van der Waals surface area contributed by atoms with Gasteiger partial charge >= 0.3 is 0 Å². The summed E-state index contributed by atoms with van der Waals surface area (Å²) < 4.78 is 5.77. The third-order valence-corrected chi connectivity index (χ3v) is 3.88. The van der Waals surface area contributed by atoms with Gasteiger partial charge in [0.25, 0.3) is 0 Å². The topological polar surface area (TPSA) is 33.3 Å². The summed E-state index contributed by atoms with van der Waals surface area (Å²) in [7, 11) is 0. The van der Waals surface area contributed by atoms with Gasteiger partial charge in [-0.25, -0.2) is 0 Å². The molecule has 1 atom stereocenters. The first kappa shape index (κ1) is 14.4. The molecule has 0 radical (unpaired) electrons. The Morgan fingerprint density at radius 1 is 1.42 bits per heavy atom. The summed E-state index contributed by atoms with van der Waals surface area (Å²) in [5.74, 6) is 0.964. The van der Waals surface area contributed by atoms with E-state index in [0.29, 0.717) is 11.5 Å². The first-order valence-corrected chi connectivity index (χ1v) is 7.21. The summed E-state index contributed by atoms with van der Waals surface area (Å²) in [4.78, 5) is 0. The van der Waals surface area contributed by atoms with Crippen molar-refractivity contribution in [3.63, 3.8) is 0 Å². The predicted octanol–water partition coefficient (Wildman–Crippen LogP) is 2.35. The Balaban J connectivity index is 1.72. The maximum atomic E-state index is 5.77. The number of piperidine rings is 1. The van der Waals surface area contributed by atoms with Crippen LogP contribution in [0.1, 0.15) is 25.8 Å². The molecule has 1 heterocycles. The summed E-state index contributed by atoms with van der Waals surface area (Å²) in [5.41, 5.74) is 1.56. The first-order valence-electron chi connectivity index (χ1n) is 7.21. The summed E-state index contributed by atoms with van der Waals surface area (Å²) in [6.07, 6.45) is 1.19. The molecular formula is C16H26N2O. The van der Waals surface area contributed by atoms with Gasteiger partial charge in [0.1, 0.15) is 12.4 Å². The van der Waals surface area contributed by atoms with Crippen molar-refractivity contribution < 1.29 is 4.74 Å². The smallest absolute Gasteiger partial charge is 0.119 e. The largest absolute Gasteiger partial charge is 0.492 e. The van der Waals surface area contributed by atoms with Crippen LogP contribution < -0.4 is 15.4 Å². The molecule has 1 aliphatic rings. The Morgan fingerprint density at radius 2 is 2.26 bits per heavy atom. The van der Waals surface area contributed by atoms with E-state index in [1.165, 1.54) is 12.0 Å². The van der Waals surface area contributed by atoms with Crippen molar-refractivity contribution in [3.8, 4) is 5.75 Å². The minimum Gasteiger partial charge on any atom is -0.492 e. The molecule has 2 N–H and O–H groups in total. The summed E-state index contributed by atoms with van der Waals surface area (Å²) in [5, 5.41) is 7.09. The fourth-order valence-corrected chi connectivity index (χ4v) is 2.66. The molecule has 106 valence electrons. The van der Waals surface area contributed by atoms with E-state index in [2.05, 4.69) is 43.5 Å². The van der Waals surface area contributed by atoms with Crippen LogP contribution >= 0.6 is 0 Å². The molecule has 0 aromatic heterocycles. The lowest BCUT2D eigenvalue weighted by molar-refractivity contribution is 0.176. The van der Waals surface area contributed by atoms with Crippen LogP contribution in [0.3, 0.4) is 0 Å². The van der Waals surface area contributed by atoms with Gasteiger partial charge in [0.05, 0.1) is 0 Å². The second kappa shape index (κ2) is 6.40. The monoisotopic (exact) mass is 262 g/mol. The zero-order chi connectivity index (χ0) is 13.7. The maximum Gasteiger partial charge on any atom is 0.119 e. The molecule has 0 amide bonds. The van der Waals surface area contributed by atoms with Crippen LogP contribution in [0.15, 0.2) is 24.3 Å². The molecule has 1 aliphatic heterocycles. The Bertz CT molecular complexity index is 403. The lowest BCUT2D eigenvalue weighted by atomic mass is 9.80. The zero-order valence-electron chi connectivity index (χ0n) is 12.3. The quantitative estimate of drug-likeness (QED) is 0.799. The number of aryl methyl sites for hydroxylation is 1. The normalized spacial score (nSPS) is 22.2.